The minimum atomic E-state index is -0.146. The van der Waals surface area contributed by atoms with Gasteiger partial charge in [-0.3, -0.25) is 4.79 Å². The van der Waals surface area contributed by atoms with Gasteiger partial charge in [0.25, 0.3) is 0 Å². The second-order valence-electron chi connectivity index (χ2n) is 8.40. The molecular weight excluding hydrogens is 292 g/mol. The van der Waals surface area contributed by atoms with Crippen molar-refractivity contribution in [2.24, 2.45) is 22.7 Å². The number of fused-ring (bicyclic) bond motifs is 2. The van der Waals surface area contributed by atoms with Crippen LogP contribution in [0, 0.1) is 22.7 Å². The second kappa shape index (κ2) is 5.67. The zero-order valence-corrected chi connectivity index (χ0v) is 14.9. The number of rotatable bonds is 2. The average Bonchev–Trinajstić information content (AvgIpc) is 2.87. The van der Waals surface area contributed by atoms with Crippen LogP contribution in [-0.4, -0.2) is 43.1 Å². The Labute approximate surface area is 139 Å². The molecule has 5 heteroatoms. The highest BCUT2D eigenvalue weighted by molar-refractivity contribution is 5.76. The van der Waals surface area contributed by atoms with Gasteiger partial charge in [-0.05, 0) is 48.9 Å². The molecule has 0 aromatic heterocycles. The Bertz CT molecular complexity index is 496. The third-order valence-electron chi connectivity index (χ3n) is 7.41. The van der Waals surface area contributed by atoms with E-state index in [9.17, 15) is 9.59 Å². The fourth-order valence-electron chi connectivity index (χ4n) is 5.15. The molecule has 0 radical (unpaired) electrons. The van der Waals surface area contributed by atoms with E-state index < -0.39 is 0 Å². The maximum atomic E-state index is 12.6. The molecule has 5 nitrogen and oxygen atoms in total. The van der Waals surface area contributed by atoms with Crippen LogP contribution in [0.25, 0.3) is 0 Å². The lowest BCUT2D eigenvalue weighted by atomic mass is 9.69. The number of carbonyl (C=O) groups is 2. The number of likely N-dealkylation sites (tertiary alicyclic amines) is 1. The molecule has 3 unspecified atom stereocenters. The third kappa shape index (κ3) is 2.52. The van der Waals surface area contributed by atoms with Gasteiger partial charge in [0.2, 0.25) is 0 Å². The lowest BCUT2D eigenvalue weighted by molar-refractivity contribution is -0.146. The van der Waals surface area contributed by atoms with Gasteiger partial charge in [0.15, 0.2) is 0 Å². The van der Waals surface area contributed by atoms with Crippen molar-refractivity contribution < 1.29 is 14.3 Å². The summed E-state index contributed by atoms with van der Waals surface area (Å²) in [5.41, 5.74) is 0.514. The van der Waals surface area contributed by atoms with Crippen LogP contribution in [0.2, 0.25) is 0 Å². The van der Waals surface area contributed by atoms with Gasteiger partial charge in [0, 0.05) is 19.1 Å². The smallest absolute Gasteiger partial charge is 0.317 e. The van der Waals surface area contributed by atoms with Crippen LogP contribution in [0.3, 0.4) is 0 Å². The van der Waals surface area contributed by atoms with Crippen LogP contribution >= 0.6 is 0 Å². The summed E-state index contributed by atoms with van der Waals surface area (Å²) >= 11 is 0. The topological polar surface area (TPSA) is 58.6 Å². The summed E-state index contributed by atoms with van der Waals surface area (Å²) < 4.78 is 4.80. The Morgan fingerprint density at radius 3 is 2.26 bits per heavy atom. The van der Waals surface area contributed by atoms with E-state index in [-0.39, 0.29) is 29.4 Å². The highest BCUT2D eigenvalue weighted by Gasteiger charge is 2.61. The molecule has 1 N–H and O–H groups in total. The van der Waals surface area contributed by atoms with Crippen molar-refractivity contribution >= 4 is 12.0 Å². The molecule has 2 amide bonds. The largest absolute Gasteiger partial charge is 0.469 e. The number of ether oxygens (including phenoxy) is 1. The minimum absolute atomic E-state index is 0.0443. The van der Waals surface area contributed by atoms with Crippen molar-refractivity contribution in [3.8, 4) is 0 Å². The Kier molecular flexibility index (Phi) is 4.09. The predicted molar refractivity (Wildman–Crippen MR) is 87.9 cm³/mol. The van der Waals surface area contributed by atoms with Crippen molar-refractivity contribution in [1.29, 1.82) is 0 Å². The summed E-state index contributed by atoms with van der Waals surface area (Å²) in [6.07, 6.45) is 5.01. The molecule has 1 heterocycles. The Morgan fingerprint density at radius 1 is 1.13 bits per heavy atom. The molecule has 0 spiro atoms. The number of hydrogen-bond acceptors (Lipinski definition) is 3. The third-order valence-corrected chi connectivity index (χ3v) is 7.41. The second-order valence-corrected chi connectivity index (χ2v) is 8.40. The molecule has 3 rings (SSSR count). The van der Waals surface area contributed by atoms with Crippen molar-refractivity contribution in [3.05, 3.63) is 0 Å². The first-order valence-electron chi connectivity index (χ1n) is 8.93. The Balaban J connectivity index is 1.56. The highest BCUT2D eigenvalue weighted by Crippen LogP contribution is 2.65. The monoisotopic (exact) mass is 322 g/mol. The van der Waals surface area contributed by atoms with E-state index >= 15 is 0 Å². The number of esters is 1. The fourth-order valence-corrected chi connectivity index (χ4v) is 5.15. The van der Waals surface area contributed by atoms with E-state index in [1.54, 1.807) is 0 Å². The quantitative estimate of drug-likeness (QED) is 0.795. The molecule has 2 aliphatic carbocycles. The van der Waals surface area contributed by atoms with E-state index in [1.165, 1.54) is 20.0 Å². The predicted octanol–water partition coefficient (Wildman–Crippen LogP) is 2.80. The lowest BCUT2D eigenvalue weighted by Gasteiger charge is -2.40. The molecule has 1 saturated heterocycles. The summed E-state index contributed by atoms with van der Waals surface area (Å²) in [4.78, 5) is 26.1. The van der Waals surface area contributed by atoms with Gasteiger partial charge in [-0.15, -0.1) is 0 Å². The van der Waals surface area contributed by atoms with Gasteiger partial charge < -0.3 is 15.0 Å². The van der Waals surface area contributed by atoms with E-state index in [0.29, 0.717) is 31.3 Å². The van der Waals surface area contributed by atoms with Crippen LogP contribution in [0.5, 0.6) is 0 Å². The van der Waals surface area contributed by atoms with E-state index in [1.807, 2.05) is 4.90 Å². The first kappa shape index (κ1) is 16.6. The number of hydrogen-bond donors (Lipinski definition) is 1. The van der Waals surface area contributed by atoms with Gasteiger partial charge >= 0.3 is 12.0 Å². The number of piperidine rings is 1. The number of nitrogens with zero attached hydrogens (tertiary/aromatic N) is 1. The molecule has 1 aliphatic heterocycles. The van der Waals surface area contributed by atoms with Crippen molar-refractivity contribution in [2.75, 3.05) is 20.2 Å². The SMILES string of the molecule is COC(=O)C1CCN(C(=O)NC2CC3CCC2(C)C3(C)C)CC1. The summed E-state index contributed by atoms with van der Waals surface area (Å²) in [5.74, 6) is 0.526. The van der Waals surface area contributed by atoms with E-state index in [2.05, 4.69) is 26.1 Å². The number of carbonyl (C=O) groups excluding carboxylic acids is 2. The first-order valence-corrected chi connectivity index (χ1v) is 8.93. The average molecular weight is 322 g/mol. The van der Waals surface area contributed by atoms with Crippen molar-refractivity contribution in [1.82, 2.24) is 10.2 Å². The molecule has 23 heavy (non-hydrogen) atoms. The standard InChI is InChI=1S/C18H30N2O3/c1-17(2)13-5-8-18(17,3)14(11-13)19-16(22)20-9-6-12(7-10-20)15(21)23-4/h12-14H,5-11H2,1-4H3,(H,19,22). The van der Waals surface area contributed by atoms with E-state index in [4.69, 9.17) is 4.74 Å². The van der Waals surface area contributed by atoms with Gasteiger partial charge in [0.1, 0.15) is 0 Å². The number of nitrogens with one attached hydrogen (secondary N) is 1. The molecule has 2 bridgehead atoms. The molecule has 0 aromatic rings. The first-order chi connectivity index (χ1) is 10.8. The van der Waals surface area contributed by atoms with Crippen LogP contribution < -0.4 is 5.32 Å². The van der Waals surface area contributed by atoms with Gasteiger partial charge in [-0.2, -0.15) is 0 Å². The molecule has 3 atom stereocenters. The van der Waals surface area contributed by atoms with Crippen LogP contribution in [0.15, 0.2) is 0 Å². The number of methoxy groups -OCH3 is 1. The van der Waals surface area contributed by atoms with Crippen molar-refractivity contribution in [2.45, 2.75) is 58.9 Å². The van der Waals surface area contributed by atoms with Crippen molar-refractivity contribution in [3.63, 3.8) is 0 Å². The summed E-state index contributed by atoms with van der Waals surface area (Å²) in [6, 6.07) is 0.324. The zero-order chi connectivity index (χ0) is 16.8. The highest BCUT2D eigenvalue weighted by atomic mass is 16.5. The van der Waals surface area contributed by atoms with Gasteiger partial charge in [0.05, 0.1) is 13.0 Å². The normalized spacial score (nSPS) is 36.1. The molecule has 2 saturated carbocycles. The maximum absolute atomic E-state index is 12.6. The molecule has 3 aliphatic rings. The Hall–Kier alpha value is -1.26. The summed E-state index contributed by atoms with van der Waals surface area (Å²) in [5, 5.41) is 3.30. The maximum Gasteiger partial charge on any atom is 0.317 e. The Morgan fingerprint density at radius 2 is 1.78 bits per heavy atom. The molecule has 130 valence electrons. The van der Waals surface area contributed by atoms with Crippen LogP contribution in [-0.2, 0) is 9.53 Å². The molecular formula is C18H30N2O3. The van der Waals surface area contributed by atoms with E-state index in [0.717, 1.165) is 12.3 Å². The number of amides is 2. The van der Waals surface area contributed by atoms with Crippen LogP contribution in [0.1, 0.15) is 52.9 Å². The zero-order valence-electron chi connectivity index (χ0n) is 14.9. The summed E-state index contributed by atoms with van der Waals surface area (Å²) in [7, 11) is 1.43. The van der Waals surface area contributed by atoms with Gasteiger partial charge in [-0.1, -0.05) is 20.8 Å². The number of urea groups is 1. The lowest BCUT2D eigenvalue weighted by Crippen LogP contribution is -2.53. The summed E-state index contributed by atoms with van der Waals surface area (Å²) in [6.45, 7) is 8.34. The minimum Gasteiger partial charge on any atom is -0.469 e. The fraction of sp³-hybridized carbons (Fsp3) is 0.889. The van der Waals surface area contributed by atoms with Gasteiger partial charge in [-0.25, -0.2) is 4.79 Å². The molecule has 0 aromatic carbocycles. The molecule has 3 fully saturated rings. The van der Waals surface area contributed by atoms with Crippen LogP contribution in [0.4, 0.5) is 4.79 Å².